The van der Waals surface area contributed by atoms with Crippen molar-refractivity contribution in [1.29, 1.82) is 0 Å². The maximum atomic E-state index is 5.65. The molecule has 0 bridgehead atoms. The van der Waals surface area contributed by atoms with E-state index in [1.54, 1.807) is 0 Å². The summed E-state index contributed by atoms with van der Waals surface area (Å²) in [5.41, 5.74) is 6.77. The number of nitrogens with zero attached hydrogens (tertiary/aromatic N) is 3. The van der Waals surface area contributed by atoms with Crippen LogP contribution in [0.1, 0.15) is 19.7 Å². The Balaban J connectivity index is 2.25. The second-order valence-corrected chi connectivity index (χ2v) is 6.80. The van der Waals surface area contributed by atoms with Crippen LogP contribution in [0.3, 0.4) is 0 Å². The highest BCUT2D eigenvalue weighted by atomic mass is 15.1. The van der Waals surface area contributed by atoms with Gasteiger partial charge in [0.1, 0.15) is 11.6 Å². The van der Waals surface area contributed by atoms with Crippen LogP contribution in [0.4, 0.5) is 5.82 Å². The van der Waals surface area contributed by atoms with Crippen molar-refractivity contribution < 1.29 is 0 Å². The molecule has 0 saturated carbocycles. The molecule has 5 heteroatoms. The monoisotopic (exact) mass is 301 g/mol. The standard InChI is InChI=1S/C17H27N5/c1-17(2,12-22(3)4)11-19-16-13-7-5-6-8-14(13)20-15(21-16)9-10-18/h5-8H,9-12,18H2,1-4H3,(H,19,20,21). The Hall–Kier alpha value is -1.72. The summed E-state index contributed by atoms with van der Waals surface area (Å²) in [7, 11) is 4.20. The Morgan fingerprint density at radius 3 is 2.59 bits per heavy atom. The van der Waals surface area contributed by atoms with Crippen LogP contribution in [-0.4, -0.2) is 48.6 Å². The normalized spacial score (nSPS) is 12.1. The molecule has 0 aliphatic carbocycles. The zero-order valence-corrected chi connectivity index (χ0v) is 14.1. The minimum absolute atomic E-state index is 0.156. The van der Waals surface area contributed by atoms with E-state index in [4.69, 9.17) is 5.73 Å². The summed E-state index contributed by atoms with van der Waals surface area (Å²) >= 11 is 0. The fraction of sp³-hybridized carbons (Fsp3) is 0.529. The number of rotatable bonds is 7. The van der Waals surface area contributed by atoms with Gasteiger partial charge in [0.05, 0.1) is 5.52 Å². The summed E-state index contributed by atoms with van der Waals surface area (Å²) in [4.78, 5) is 11.4. The molecule has 2 aromatic rings. The van der Waals surface area contributed by atoms with Gasteiger partial charge in [-0.25, -0.2) is 9.97 Å². The molecule has 22 heavy (non-hydrogen) atoms. The third-order valence-corrected chi connectivity index (χ3v) is 3.50. The van der Waals surface area contributed by atoms with E-state index in [1.807, 2.05) is 18.2 Å². The molecule has 2 rings (SSSR count). The van der Waals surface area contributed by atoms with E-state index in [9.17, 15) is 0 Å². The van der Waals surface area contributed by atoms with E-state index < -0.39 is 0 Å². The van der Waals surface area contributed by atoms with Crippen molar-refractivity contribution >= 4 is 16.7 Å². The molecule has 0 unspecified atom stereocenters. The van der Waals surface area contributed by atoms with Crippen LogP contribution in [-0.2, 0) is 6.42 Å². The molecule has 0 radical (unpaired) electrons. The number of hydrogen-bond acceptors (Lipinski definition) is 5. The molecule has 0 fully saturated rings. The first-order valence-electron chi connectivity index (χ1n) is 7.75. The summed E-state index contributed by atoms with van der Waals surface area (Å²) in [6.07, 6.45) is 0.695. The molecule has 1 aromatic carbocycles. The van der Waals surface area contributed by atoms with Crippen LogP contribution in [0.15, 0.2) is 24.3 Å². The second-order valence-electron chi connectivity index (χ2n) is 6.80. The van der Waals surface area contributed by atoms with Gasteiger partial charge in [-0.05, 0) is 38.2 Å². The van der Waals surface area contributed by atoms with Gasteiger partial charge in [0.15, 0.2) is 0 Å². The summed E-state index contributed by atoms with van der Waals surface area (Å²) in [6.45, 7) is 6.94. The van der Waals surface area contributed by atoms with Crippen LogP contribution in [0.25, 0.3) is 10.9 Å². The maximum absolute atomic E-state index is 5.65. The molecule has 5 nitrogen and oxygen atoms in total. The average Bonchev–Trinajstić information content (AvgIpc) is 2.44. The van der Waals surface area contributed by atoms with Gasteiger partial charge in [-0.15, -0.1) is 0 Å². The topological polar surface area (TPSA) is 67.1 Å². The predicted molar refractivity (Wildman–Crippen MR) is 93.1 cm³/mol. The van der Waals surface area contributed by atoms with Gasteiger partial charge < -0.3 is 16.0 Å². The summed E-state index contributed by atoms with van der Waals surface area (Å²) in [6, 6.07) is 8.10. The quantitative estimate of drug-likeness (QED) is 0.820. The van der Waals surface area contributed by atoms with Gasteiger partial charge >= 0.3 is 0 Å². The number of benzene rings is 1. The SMILES string of the molecule is CN(C)CC(C)(C)CNc1nc(CCN)nc2ccccc12. The fourth-order valence-electron chi connectivity index (χ4n) is 2.74. The van der Waals surface area contributed by atoms with E-state index in [1.165, 1.54) is 0 Å². The van der Waals surface area contributed by atoms with E-state index in [0.717, 1.165) is 35.6 Å². The van der Waals surface area contributed by atoms with Crippen molar-refractivity contribution in [3.8, 4) is 0 Å². The van der Waals surface area contributed by atoms with Gasteiger partial charge in [0.2, 0.25) is 0 Å². The number of hydrogen-bond donors (Lipinski definition) is 2. The predicted octanol–water partition coefficient (Wildman–Crippen LogP) is 2.13. The average molecular weight is 301 g/mol. The molecule has 120 valence electrons. The number of para-hydroxylation sites is 1. The summed E-state index contributed by atoms with van der Waals surface area (Å²) in [5.74, 6) is 1.70. The smallest absolute Gasteiger partial charge is 0.137 e. The summed E-state index contributed by atoms with van der Waals surface area (Å²) in [5, 5.41) is 4.57. The fourth-order valence-corrected chi connectivity index (χ4v) is 2.74. The lowest BCUT2D eigenvalue weighted by Crippen LogP contribution is -2.34. The van der Waals surface area contributed by atoms with Crippen LogP contribution >= 0.6 is 0 Å². The lowest BCUT2D eigenvalue weighted by atomic mass is 9.93. The number of aromatic nitrogens is 2. The zero-order chi connectivity index (χ0) is 16.2. The van der Waals surface area contributed by atoms with Gasteiger partial charge in [0, 0.05) is 24.9 Å². The number of fused-ring (bicyclic) bond motifs is 1. The second kappa shape index (κ2) is 7.03. The van der Waals surface area contributed by atoms with E-state index in [0.29, 0.717) is 13.0 Å². The number of nitrogens with two attached hydrogens (primary N) is 1. The molecular formula is C17H27N5. The molecular weight excluding hydrogens is 274 g/mol. The maximum Gasteiger partial charge on any atom is 0.137 e. The lowest BCUT2D eigenvalue weighted by Gasteiger charge is -2.29. The third-order valence-electron chi connectivity index (χ3n) is 3.50. The largest absolute Gasteiger partial charge is 0.369 e. The van der Waals surface area contributed by atoms with Crippen molar-refractivity contribution in [2.75, 3.05) is 39.0 Å². The van der Waals surface area contributed by atoms with Crippen molar-refractivity contribution in [2.24, 2.45) is 11.1 Å². The molecule has 1 heterocycles. The Bertz CT molecular complexity index is 621. The van der Waals surface area contributed by atoms with Gasteiger partial charge in [-0.2, -0.15) is 0 Å². The van der Waals surface area contributed by atoms with E-state index >= 15 is 0 Å². The molecule has 0 atom stereocenters. The molecule has 0 spiro atoms. The van der Waals surface area contributed by atoms with Crippen molar-refractivity contribution in [3.05, 3.63) is 30.1 Å². The Labute approximate surface area is 132 Å². The highest BCUT2D eigenvalue weighted by Crippen LogP contribution is 2.23. The third kappa shape index (κ3) is 4.39. The van der Waals surface area contributed by atoms with Gasteiger partial charge in [-0.1, -0.05) is 26.0 Å². The minimum Gasteiger partial charge on any atom is -0.369 e. The van der Waals surface area contributed by atoms with Gasteiger partial charge in [-0.3, -0.25) is 0 Å². The first-order valence-corrected chi connectivity index (χ1v) is 7.75. The molecule has 0 aliphatic rings. The van der Waals surface area contributed by atoms with Crippen LogP contribution in [0, 0.1) is 5.41 Å². The molecule has 0 amide bonds. The number of anilines is 1. The van der Waals surface area contributed by atoms with Crippen LogP contribution in [0.5, 0.6) is 0 Å². The van der Waals surface area contributed by atoms with Crippen LogP contribution in [0.2, 0.25) is 0 Å². The first-order chi connectivity index (χ1) is 10.4. The molecule has 3 N–H and O–H groups in total. The zero-order valence-electron chi connectivity index (χ0n) is 14.1. The van der Waals surface area contributed by atoms with Crippen molar-refractivity contribution in [3.63, 3.8) is 0 Å². The van der Waals surface area contributed by atoms with E-state index in [2.05, 4.69) is 54.2 Å². The minimum atomic E-state index is 0.156. The number of nitrogens with one attached hydrogen (secondary N) is 1. The molecule has 0 saturated heterocycles. The van der Waals surface area contributed by atoms with Crippen molar-refractivity contribution in [2.45, 2.75) is 20.3 Å². The lowest BCUT2D eigenvalue weighted by molar-refractivity contribution is 0.254. The Morgan fingerprint density at radius 2 is 1.91 bits per heavy atom. The Kier molecular flexibility index (Phi) is 5.32. The first kappa shape index (κ1) is 16.6. The van der Waals surface area contributed by atoms with Crippen molar-refractivity contribution in [1.82, 2.24) is 14.9 Å². The summed E-state index contributed by atoms with van der Waals surface area (Å²) < 4.78 is 0. The Morgan fingerprint density at radius 1 is 1.18 bits per heavy atom. The van der Waals surface area contributed by atoms with Crippen LogP contribution < -0.4 is 11.1 Å². The van der Waals surface area contributed by atoms with E-state index in [-0.39, 0.29) is 5.41 Å². The highest BCUT2D eigenvalue weighted by molar-refractivity contribution is 5.88. The molecule has 1 aromatic heterocycles. The highest BCUT2D eigenvalue weighted by Gasteiger charge is 2.19. The van der Waals surface area contributed by atoms with Gasteiger partial charge in [0.25, 0.3) is 0 Å². The molecule has 0 aliphatic heterocycles.